The van der Waals surface area contributed by atoms with Gasteiger partial charge in [0.2, 0.25) is 0 Å². The zero-order valence-electron chi connectivity index (χ0n) is 12.9. The fraction of sp³-hybridized carbons (Fsp3) is 0.105. The highest BCUT2D eigenvalue weighted by atomic mass is 35.5. The molecule has 0 saturated heterocycles. The topological polar surface area (TPSA) is 47.6 Å². The van der Waals surface area contributed by atoms with Crippen molar-refractivity contribution in [2.75, 3.05) is 19.0 Å². The molecule has 2 aliphatic rings. The van der Waals surface area contributed by atoms with E-state index < -0.39 is 0 Å². The van der Waals surface area contributed by atoms with Crippen molar-refractivity contribution in [1.82, 2.24) is 0 Å². The molecule has 0 atom stereocenters. The third-order valence-corrected chi connectivity index (χ3v) is 4.29. The zero-order valence-corrected chi connectivity index (χ0v) is 13.7. The Balaban J connectivity index is 1.71. The first kappa shape index (κ1) is 14.8. The maximum Gasteiger partial charge on any atom is 0.256 e. The molecule has 1 N–H and O–H groups in total. The Kier molecular flexibility index (Phi) is 3.54. The lowest BCUT2D eigenvalue weighted by molar-refractivity contribution is -0.110. The molecule has 1 amide bonds. The van der Waals surface area contributed by atoms with Gasteiger partial charge in [-0.1, -0.05) is 17.7 Å². The van der Waals surface area contributed by atoms with E-state index in [9.17, 15) is 4.79 Å². The molecule has 2 aromatic rings. The minimum atomic E-state index is -0.131. The fourth-order valence-corrected chi connectivity index (χ4v) is 3.04. The average molecular weight is 340 g/mol. The fourth-order valence-electron chi connectivity index (χ4n) is 2.87. The maximum absolute atomic E-state index is 12.2. The predicted octanol–water partition coefficient (Wildman–Crippen LogP) is 4.16. The van der Waals surface area contributed by atoms with Gasteiger partial charge in [0.05, 0.1) is 12.8 Å². The Morgan fingerprint density at radius 3 is 2.96 bits per heavy atom. The smallest absolute Gasteiger partial charge is 0.256 e. The standard InChI is InChI=1S/C19H14ClNO3/c1-23-14-4-2-12-6-11(10-24-18(12)9-14)7-16-15-5-3-13(20)8-17(15)21-19(16)22/h2-9H,10H2,1H3,(H,21,22)/b16-7+. The highest BCUT2D eigenvalue weighted by Crippen LogP contribution is 2.36. The largest absolute Gasteiger partial charge is 0.497 e. The van der Waals surface area contributed by atoms with Gasteiger partial charge >= 0.3 is 0 Å². The first-order chi connectivity index (χ1) is 11.6. The third kappa shape index (κ3) is 2.55. The molecule has 0 unspecified atom stereocenters. The number of anilines is 1. The Morgan fingerprint density at radius 2 is 2.12 bits per heavy atom. The molecule has 0 bridgehead atoms. The number of fused-ring (bicyclic) bond motifs is 2. The van der Waals surface area contributed by atoms with E-state index in [2.05, 4.69) is 5.32 Å². The Morgan fingerprint density at radius 1 is 1.25 bits per heavy atom. The number of benzene rings is 2. The summed E-state index contributed by atoms with van der Waals surface area (Å²) in [6.07, 6.45) is 3.88. The Hall–Kier alpha value is -2.72. The van der Waals surface area contributed by atoms with Crippen molar-refractivity contribution in [1.29, 1.82) is 0 Å². The van der Waals surface area contributed by atoms with E-state index in [-0.39, 0.29) is 5.91 Å². The second-order valence-corrected chi connectivity index (χ2v) is 6.05. The Bertz CT molecular complexity index is 915. The van der Waals surface area contributed by atoms with E-state index in [0.717, 1.165) is 33.9 Å². The molecule has 0 aromatic heterocycles. The summed E-state index contributed by atoms with van der Waals surface area (Å²) in [5.41, 5.74) is 4.10. The normalized spacial score (nSPS) is 16.8. The molecule has 0 fully saturated rings. The van der Waals surface area contributed by atoms with Crippen LogP contribution in [0.25, 0.3) is 11.6 Å². The first-order valence-electron chi connectivity index (χ1n) is 7.48. The SMILES string of the molecule is COc1ccc2c(c1)OCC(/C=C1/C(=O)Nc3cc(Cl)ccc31)=C2. The summed E-state index contributed by atoms with van der Waals surface area (Å²) in [6.45, 7) is 0.403. The number of rotatable bonds is 2. The van der Waals surface area contributed by atoms with Crippen LogP contribution in [0.4, 0.5) is 5.69 Å². The zero-order chi connectivity index (χ0) is 16.7. The molecular weight excluding hydrogens is 326 g/mol. The highest BCUT2D eigenvalue weighted by molar-refractivity contribution is 6.34. The van der Waals surface area contributed by atoms with E-state index in [0.29, 0.717) is 17.2 Å². The van der Waals surface area contributed by atoms with Crippen LogP contribution in [0.2, 0.25) is 5.02 Å². The van der Waals surface area contributed by atoms with Crippen molar-refractivity contribution in [2.45, 2.75) is 0 Å². The van der Waals surface area contributed by atoms with Crippen molar-refractivity contribution in [3.05, 3.63) is 64.2 Å². The predicted molar refractivity (Wildman–Crippen MR) is 94.5 cm³/mol. The number of methoxy groups -OCH3 is 1. The summed E-state index contributed by atoms with van der Waals surface area (Å²) < 4.78 is 11.0. The summed E-state index contributed by atoms with van der Waals surface area (Å²) in [5.74, 6) is 1.40. The van der Waals surface area contributed by atoms with Gasteiger partial charge in [0.25, 0.3) is 5.91 Å². The summed E-state index contributed by atoms with van der Waals surface area (Å²) in [7, 11) is 1.62. The van der Waals surface area contributed by atoms with Crippen LogP contribution in [0.5, 0.6) is 11.5 Å². The summed E-state index contributed by atoms with van der Waals surface area (Å²) in [4.78, 5) is 12.2. The van der Waals surface area contributed by atoms with E-state index >= 15 is 0 Å². The van der Waals surface area contributed by atoms with Crippen LogP contribution >= 0.6 is 11.6 Å². The monoisotopic (exact) mass is 339 g/mol. The summed E-state index contributed by atoms with van der Waals surface area (Å²) >= 11 is 5.98. The van der Waals surface area contributed by atoms with Crippen LogP contribution in [-0.2, 0) is 4.79 Å². The van der Waals surface area contributed by atoms with Gasteiger partial charge in [-0.15, -0.1) is 0 Å². The maximum atomic E-state index is 12.2. The van der Waals surface area contributed by atoms with Gasteiger partial charge in [0, 0.05) is 27.8 Å². The van der Waals surface area contributed by atoms with Gasteiger partial charge in [-0.3, -0.25) is 4.79 Å². The van der Waals surface area contributed by atoms with Crippen LogP contribution in [0, 0.1) is 0 Å². The minimum Gasteiger partial charge on any atom is -0.497 e. The van der Waals surface area contributed by atoms with Crippen molar-refractivity contribution in [3.63, 3.8) is 0 Å². The quantitative estimate of drug-likeness (QED) is 0.836. The molecule has 0 spiro atoms. The van der Waals surface area contributed by atoms with Gasteiger partial charge in [-0.05, 0) is 42.0 Å². The number of amides is 1. The lowest BCUT2D eigenvalue weighted by atomic mass is 10.0. The number of carbonyl (C=O) groups excluding carboxylic acids is 1. The molecule has 2 heterocycles. The Labute approximate surface area is 144 Å². The minimum absolute atomic E-state index is 0.131. The lowest BCUT2D eigenvalue weighted by Crippen LogP contribution is -2.08. The number of nitrogens with one attached hydrogen (secondary N) is 1. The average Bonchev–Trinajstić information content (AvgIpc) is 2.89. The van der Waals surface area contributed by atoms with Gasteiger partial charge < -0.3 is 14.8 Å². The second kappa shape index (κ2) is 5.73. The van der Waals surface area contributed by atoms with Crippen molar-refractivity contribution < 1.29 is 14.3 Å². The van der Waals surface area contributed by atoms with E-state index in [4.69, 9.17) is 21.1 Å². The summed E-state index contributed by atoms with van der Waals surface area (Å²) in [5, 5.41) is 3.43. The highest BCUT2D eigenvalue weighted by Gasteiger charge is 2.25. The number of hydrogen-bond donors (Lipinski definition) is 1. The first-order valence-corrected chi connectivity index (χ1v) is 7.86. The molecule has 0 aliphatic carbocycles. The van der Waals surface area contributed by atoms with Crippen molar-refractivity contribution in [3.8, 4) is 11.5 Å². The van der Waals surface area contributed by atoms with Crippen LogP contribution < -0.4 is 14.8 Å². The van der Waals surface area contributed by atoms with E-state index in [1.165, 1.54) is 0 Å². The molecule has 5 heteroatoms. The van der Waals surface area contributed by atoms with Gasteiger partial charge in [-0.2, -0.15) is 0 Å². The second-order valence-electron chi connectivity index (χ2n) is 5.61. The van der Waals surface area contributed by atoms with Crippen LogP contribution in [0.3, 0.4) is 0 Å². The molecule has 0 saturated carbocycles. The molecule has 0 radical (unpaired) electrons. The van der Waals surface area contributed by atoms with E-state index in [1.807, 2.05) is 36.4 Å². The number of halogens is 1. The van der Waals surface area contributed by atoms with E-state index in [1.54, 1.807) is 19.2 Å². The van der Waals surface area contributed by atoms with Crippen LogP contribution in [0.1, 0.15) is 11.1 Å². The molecule has 4 rings (SSSR count). The van der Waals surface area contributed by atoms with Crippen LogP contribution in [0.15, 0.2) is 48.0 Å². The molecule has 2 aromatic carbocycles. The third-order valence-electron chi connectivity index (χ3n) is 4.05. The molecular formula is C19H14ClNO3. The number of ether oxygens (including phenoxy) is 2. The van der Waals surface area contributed by atoms with Crippen molar-refractivity contribution in [2.24, 2.45) is 0 Å². The van der Waals surface area contributed by atoms with Gasteiger partial charge in [0.15, 0.2) is 0 Å². The molecule has 2 aliphatic heterocycles. The van der Waals surface area contributed by atoms with Crippen molar-refractivity contribution >= 4 is 34.8 Å². The number of carbonyl (C=O) groups is 1. The summed E-state index contributed by atoms with van der Waals surface area (Å²) in [6, 6.07) is 11.1. The lowest BCUT2D eigenvalue weighted by Gasteiger charge is -2.17. The van der Waals surface area contributed by atoms with Gasteiger partial charge in [-0.25, -0.2) is 0 Å². The molecule has 120 valence electrons. The number of hydrogen-bond acceptors (Lipinski definition) is 3. The van der Waals surface area contributed by atoms with Crippen LogP contribution in [-0.4, -0.2) is 19.6 Å². The van der Waals surface area contributed by atoms with Gasteiger partial charge in [0.1, 0.15) is 18.1 Å². The molecule has 24 heavy (non-hydrogen) atoms. The molecule has 4 nitrogen and oxygen atoms in total.